The average molecular weight is 433 g/mol. The first-order valence-corrected chi connectivity index (χ1v) is 10.2. The van der Waals surface area contributed by atoms with Crippen molar-refractivity contribution < 1.29 is 9.21 Å². The third-order valence-electron chi connectivity index (χ3n) is 3.89. The molecule has 0 saturated heterocycles. The van der Waals surface area contributed by atoms with Gasteiger partial charge in [-0.05, 0) is 56.3 Å². The Morgan fingerprint density at radius 2 is 1.89 bits per heavy atom. The molecule has 1 atom stereocenters. The number of amides is 1. The Bertz CT molecular complexity index is 1000. The van der Waals surface area contributed by atoms with Gasteiger partial charge in [-0.2, -0.15) is 5.10 Å². The molecule has 1 aromatic heterocycles. The lowest BCUT2D eigenvalue weighted by Crippen LogP contribution is -2.26. The Kier molecular flexibility index (Phi) is 6.83. The molecule has 1 amide bonds. The molecule has 0 aliphatic rings. The number of benzene rings is 2. The Labute approximate surface area is 177 Å². The molecule has 0 spiro atoms. The summed E-state index contributed by atoms with van der Waals surface area (Å²) in [4.78, 5) is 13.2. The largest absolute Gasteiger partial charge is 0.455 e. The summed E-state index contributed by atoms with van der Waals surface area (Å²) in [6.45, 7) is 3.86. The van der Waals surface area contributed by atoms with Gasteiger partial charge in [-0.15, -0.1) is 11.8 Å². The standard InChI is InChI=1S/C21H18Cl2N2O2S/c1-13-3-7-17(8-4-13)28-14(2)21(26)25-24-12-16-6-10-20(27-16)18-9-5-15(22)11-19(18)23/h3-12,14H,1-2H3,(H,25,26)/b24-12-/t14-/m0/s1. The number of aryl methyl sites for hydroxylation is 1. The van der Waals surface area contributed by atoms with Gasteiger partial charge in [0.15, 0.2) is 0 Å². The summed E-state index contributed by atoms with van der Waals surface area (Å²) < 4.78 is 5.71. The van der Waals surface area contributed by atoms with E-state index in [0.717, 1.165) is 10.5 Å². The van der Waals surface area contributed by atoms with Gasteiger partial charge in [-0.1, -0.05) is 40.9 Å². The van der Waals surface area contributed by atoms with Crippen molar-refractivity contribution in [1.82, 2.24) is 5.43 Å². The van der Waals surface area contributed by atoms with Crippen molar-refractivity contribution in [2.75, 3.05) is 0 Å². The van der Waals surface area contributed by atoms with Gasteiger partial charge in [-0.25, -0.2) is 5.43 Å². The quantitative estimate of drug-likeness (QED) is 0.286. The Balaban J connectivity index is 1.57. The first-order chi connectivity index (χ1) is 13.4. The van der Waals surface area contributed by atoms with Gasteiger partial charge in [0.2, 0.25) is 0 Å². The van der Waals surface area contributed by atoms with Gasteiger partial charge in [0.05, 0.1) is 16.5 Å². The Morgan fingerprint density at radius 3 is 2.61 bits per heavy atom. The van der Waals surface area contributed by atoms with Crippen molar-refractivity contribution in [1.29, 1.82) is 0 Å². The minimum Gasteiger partial charge on any atom is -0.455 e. The topological polar surface area (TPSA) is 54.6 Å². The van der Waals surface area contributed by atoms with Crippen molar-refractivity contribution in [3.63, 3.8) is 0 Å². The molecule has 0 aliphatic carbocycles. The molecule has 0 fully saturated rings. The van der Waals surface area contributed by atoms with E-state index in [1.807, 2.05) is 38.1 Å². The molecule has 7 heteroatoms. The zero-order valence-corrected chi connectivity index (χ0v) is 17.6. The van der Waals surface area contributed by atoms with E-state index >= 15 is 0 Å². The fourth-order valence-electron chi connectivity index (χ4n) is 2.38. The van der Waals surface area contributed by atoms with Gasteiger partial charge < -0.3 is 4.42 Å². The van der Waals surface area contributed by atoms with Crippen molar-refractivity contribution in [2.45, 2.75) is 24.0 Å². The lowest BCUT2D eigenvalue weighted by atomic mass is 10.2. The number of carbonyl (C=O) groups excluding carboxylic acids is 1. The van der Waals surface area contributed by atoms with Crippen LogP contribution in [0.15, 0.2) is 69.0 Å². The second-order valence-corrected chi connectivity index (χ2v) is 8.39. The number of thioether (sulfide) groups is 1. The highest BCUT2D eigenvalue weighted by atomic mass is 35.5. The molecule has 144 valence electrons. The van der Waals surface area contributed by atoms with E-state index in [0.29, 0.717) is 21.6 Å². The number of hydrazone groups is 1. The first-order valence-electron chi connectivity index (χ1n) is 8.54. The number of nitrogens with zero attached hydrogens (tertiary/aromatic N) is 1. The Hall–Kier alpha value is -2.21. The zero-order valence-electron chi connectivity index (χ0n) is 15.3. The van der Waals surface area contributed by atoms with Crippen LogP contribution < -0.4 is 5.43 Å². The molecular weight excluding hydrogens is 415 g/mol. The minimum atomic E-state index is -0.278. The van der Waals surface area contributed by atoms with Crippen LogP contribution in [0, 0.1) is 6.92 Å². The smallest absolute Gasteiger partial charge is 0.253 e. The van der Waals surface area contributed by atoms with Gasteiger partial charge in [0, 0.05) is 15.5 Å². The van der Waals surface area contributed by atoms with E-state index in [1.165, 1.54) is 23.5 Å². The molecule has 0 unspecified atom stereocenters. The molecule has 3 rings (SSSR count). The number of hydrogen-bond acceptors (Lipinski definition) is 4. The molecular formula is C21H18Cl2N2O2S. The van der Waals surface area contributed by atoms with Crippen LogP contribution in [0.2, 0.25) is 10.0 Å². The average Bonchev–Trinajstić information content (AvgIpc) is 3.12. The van der Waals surface area contributed by atoms with Crippen LogP contribution in [0.4, 0.5) is 0 Å². The molecule has 0 saturated carbocycles. The lowest BCUT2D eigenvalue weighted by molar-refractivity contribution is -0.120. The molecule has 3 aromatic rings. The normalized spacial score (nSPS) is 12.3. The number of carbonyl (C=O) groups is 1. The first kappa shape index (κ1) is 20.5. The van der Waals surface area contributed by atoms with Crippen molar-refractivity contribution in [3.8, 4) is 11.3 Å². The highest BCUT2D eigenvalue weighted by molar-refractivity contribution is 8.00. The lowest BCUT2D eigenvalue weighted by Gasteiger charge is -2.09. The van der Waals surface area contributed by atoms with E-state index in [2.05, 4.69) is 10.5 Å². The molecule has 0 aliphatic heterocycles. The van der Waals surface area contributed by atoms with Crippen LogP contribution in [0.1, 0.15) is 18.2 Å². The van der Waals surface area contributed by atoms with E-state index in [-0.39, 0.29) is 11.2 Å². The predicted octanol–water partition coefficient (Wildman–Crippen LogP) is 6.19. The van der Waals surface area contributed by atoms with Gasteiger partial charge in [0.25, 0.3) is 5.91 Å². The number of nitrogens with one attached hydrogen (secondary N) is 1. The highest BCUT2D eigenvalue weighted by Gasteiger charge is 2.14. The molecule has 4 nitrogen and oxygen atoms in total. The van der Waals surface area contributed by atoms with Crippen LogP contribution in [-0.4, -0.2) is 17.4 Å². The number of rotatable bonds is 6. The van der Waals surface area contributed by atoms with E-state index in [1.54, 1.807) is 30.3 Å². The maximum atomic E-state index is 12.2. The van der Waals surface area contributed by atoms with Crippen molar-refractivity contribution in [3.05, 3.63) is 76.0 Å². The molecule has 0 radical (unpaired) electrons. The fraction of sp³-hybridized carbons (Fsp3) is 0.143. The SMILES string of the molecule is Cc1ccc(S[C@@H](C)C(=O)N/N=C\c2ccc(-c3ccc(Cl)cc3Cl)o2)cc1. The van der Waals surface area contributed by atoms with E-state index in [9.17, 15) is 4.79 Å². The molecule has 0 bridgehead atoms. The van der Waals surface area contributed by atoms with Gasteiger partial charge in [-0.3, -0.25) is 4.79 Å². The Morgan fingerprint density at radius 1 is 1.14 bits per heavy atom. The van der Waals surface area contributed by atoms with Crippen LogP contribution in [0.25, 0.3) is 11.3 Å². The maximum absolute atomic E-state index is 12.2. The third kappa shape index (κ3) is 5.41. The molecule has 1 N–H and O–H groups in total. The van der Waals surface area contributed by atoms with Crippen LogP contribution in [0.3, 0.4) is 0 Å². The van der Waals surface area contributed by atoms with Crippen LogP contribution in [-0.2, 0) is 4.79 Å². The third-order valence-corrected chi connectivity index (χ3v) is 5.55. The predicted molar refractivity (Wildman–Crippen MR) is 116 cm³/mol. The molecule has 1 heterocycles. The van der Waals surface area contributed by atoms with Crippen LogP contribution >= 0.6 is 35.0 Å². The maximum Gasteiger partial charge on any atom is 0.253 e. The second kappa shape index (κ2) is 9.32. The van der Waals surface area contributed by atoms with E-state index < -0.39 is 0 Å². The summed E-state index contributed by atoms with van der Waals surface area (Å²) in [6.07, 6.45) is 1.45. The number of hydrogen-bond donors (Lipinski definition) is 1. The van der Waals surface area contributed by atoms with E-state index in [4.69, 9.17) is 27.6 Å². The zero-order chi connectivity index (χ0) is 20.1. The highest BCUT2D eigenvalue weighted by Crippen LogP contribution is 2.31. The summed E-state index contributed by atoms with van der Waals surface area (Å²) in [6, 6.07) is 16.8. The van der Waals surface area contributed by atoms with Gasteiger partial charge >= 0.3 is 0 Å². The summed E-state index contributed by atoms with van der Waals surface area (Å²) in [5.41, 5.74) is 4.45. The number of halogens is 2. The minimum absolute atomic E-state index is 0.186. The fourth-order valence-corrected chi connectivity index (χ4v) is 3.74. The monoisotopic (exact) mass is 432 g/mol. The molecule has 28 heavy (non-hydrogen) atoms. The van der Waals surface area contributed by atoms with Crippen molar-refractivity contribution in [2.24, 2.45) is 5.10 Å². The van der Waals surface area contributed by atoms with Gasteiger partial charge in [0.1, 0.15) is 11.5 Å². The summed E-state index contributed by atoms with van der Waals surface area (Å²) in [7, 11) is 0. The summed E-state index contributed by atoms with van der Waals surface area (Å²) in [5, 5.41) is 4.76. The summed E-state index contributed by atoms with van der Waals surface area (Å²) in [5.74, 6) is 0.909. The summed E-state index contributed by atoms with van der Waals surface area (Å²) >= 11 is 13.6. The number of furan rings is 1. The second-order valence-electron chi connectivity index (χ2n) is 6.13. The van der Waals surface area contributed by atoms with Crippen molar-refractivity contribution >= 4 is 47.1 Å². The van der Waals surface area contributed by atoms with Crippen LogP contribution in [0.5, 0.6) is 0 Å². The molecule has 2 aromatic carbocycles.